The SMILES string of the molecule is CC.CC.CC.CC.CC1=C(C=Cc2cc(C)no2)CSC2C(NC(=O)CSc3ccccc3)C(=O)N12.Cc1cc(C=CC2=C(C(=O)O)N3C(=O)C(NC(=O)CSc4ccccc4)C3SC2)on1.I.[CH3-].[CH3-].[Y].[Y]. The number of carboxylic acids is 1. The second-order valence-corrected chi connectivity index (χ2v) is 18.1. The number of carbonyl (C=O) groups excluding carboxylic acids is 4. The number of rotatable bonds is 13. The predicted octanol–water partition coefficient (Wildman–Crippen LogP) is 11.6. The number of nitrogens with zero attached hydrogens (tertiary/aromatic N) is 4. The number of benzene rings is 2. The molecule has 4 aliphatic heterocycles. The van der Waals surface area contributed by atoms with Gasteiger partial charge in [-0.3, -0.25) is 29.0 Å². The molecular weight excluding hydrogens is 1270 g/mol. The number of aromatic nitrogens is 2. The number of hydrogen-bond donors (Lipinski definition) is 3. The van der Waals surface area contributed by atoms with Crippen molar-refractivity contribution in [2.45, 2.75) is 109 Å². The molecule has 0 saturated carbocycles. The van der Waals surface area contributed by atoms with E-state index in [1.807, 2.05) is 148 Å². The molecule has 3 N–H and O–H groups in total. The summed E-state index contributed by atoms with van der Waals surface area (Å²) in [7, 11) is 0. The zero-order valence-electron chi connectivity index (χ0n) is 44.2. The van der Waals surface area contributed by atoms with Gasteiger partial charge in [-0.1, -0.05) is 114 Å². The number of carboxylic acid groups (broad SMARTS) is 1. The number of carbonyl (C=O) groups is 5. The van der Waals surface area contributed by atoms with Gasteiger partial charge in [-0.05, 0) is 68.3 Å². The van der Waals surface area contributed by atoms with Crippen molar-refractivity contribution in [3.8, 4) is 0 Å². The van der Waals surface area contributed by atoms with E-state index in [1.165, 1.54) is 40.2 Å². The van der Waals surface area contributed by atoms with Crippen LogP contribution in [-0.2, 0) is 89.4 Å². The van der Waals surface area contributed by atoms with Crippen molar-refractivity contribution >= 4 is 113 Å². The molecule has 2 fully saturated rings. The second kappa shape index (κ2) is 39.8. The molecule has 4 unspecified atom stereocenters. The van der Waals surface area contributed by atoms with Gasteiger partial charge in [0, 0.05) is 105 Å². The Kier molecular flexibility index (Phi) is 40.8. The molecule has 396 valence electrons. The minimum atomic E-state index is -1.18. The molecule has 4 amide bonds. The van der Waals surface area contributed by atoms with E-state index in [2.05, 4.69) is 20.9 Å². The van der Waals surface area contributed by atoms with Crippen molar-refractivity contribution in [1.82, 2.24) is 30.7 Å². The van der Waals surface area contributed by atoms with Gasteiger partial charge in [0.2, 0.25) is 11.8 Å². The standard InChI is InChI=1S/C21H19N3O5S2.C21H21N3O3S2.4C2H6.2CH3.HI.2Y/c1-12-9-14(29-23-12)8-7-13-10-31-20-17(19(26)24(20)18(13)21(27)28)22-16(25)11-30-15-5-3-2-4-6-15;1-13-10-16(27-23-13)9-8-15-11-29-21-19(20(26)24(21)14(15)2)22-18(25)12-28-17-6-4-3-5-7-17;4*1-2;;;;;/h2-9,17,20H,10-11H2,1H3,(H,22,25)(H,27,28);3-10,19,21H,11-12H2,1-2H3,(H,22,25);4*1-2H3;2*1H3;1H;;/q;;;;;;2*-1;;;. The number of hydrogen-bond acceptors (Lipinski definition) is 13. The van der Waals surface area contributed by atoms with E-state index in [0.29, 0.717) is 34.3 Å². The van der Waals surface area contributed by atoms with Crippen LogP contribution in [0.3, 0.4) is 0 Å². The number of aryl methyl sites for hydroxylation is 2. The van der Waals surface area contributed by atoms with Gasteiger partial charge >= 0.3 is 5.97 Å². The Morgan fingerprint density at radius 2 is 1.01 bits per heavy atom. The van der Waals surface area contributed by atoms with Crippen molar-refractivity contribution in [2.75, 3.05) is 23.0 Å². The Morgan fingerprint density at radius 3 is 1.40 bits per heavy atom. The van der Waals surface area contributed by atoms with E-state index in [9.17, 15) is 29.1 Å². The van der Waals surface area contributed by atoms with Gasteiger partial charge in [0.05, 0.1) is 22.9 Å². The Hall–Kier alpha value is -2.49. The van der Waals surface area contributed by atoms with Gasteiger partial charge in [0.1, 0.15) is 28.5 Å². The summed E-state index contributed by atoms with van der Waals surface area (Å²) >= 11 is 5.92. The predicted molar refractivity (Wildman–Crippen MR) is 306 cm³/mol. The third-order valence-electron chi connectivity index (χ3n) is 9.53. The Labute approximate surface area is 518 Å². The topological polar surface area (TPSA) is 188 Å². The van der Waals surface area contributed by atoms with E-state index >= 15 is 0 Å². The molecule has 0 aliphatic carbocycles. The molecule has 0 bridgehead atoms. The van der Waals surface area contributed by atoms with E-state index in [0.717, 1.165) is 32.5 Å². The van der Waals surface area contributed by atoms with Crippen molar-refractivity contribution in [2.24, 2.45) is 0 Å². The number of allylic oxidation sites excluding steroid dienone is 3. The Morgan fingerprint density at radius 1 is 0.644 bits per heavy atom. The molecule has 6 heterocycles. The van der Waals surface area contributed by atoms with E-state index < -0.39 is 29.3 Å². The quantitative estimate of drug-likeness (QED) is 0.0496. The van der Waals surface area contributed by atoms with Crippen LogP contribution in [0.1, 0.15) is 85.2 Å². The average molecular weight is 1340 g/mol. The molecule has 0 spiro atoms. The fourth-order valence-electron chi connectivity index (χ4n) is 6.55. The first-order chi connectivity index (χ1) is 33.0. The minimum Gasteiger partial charge on any atom is -0.477 e. The van der Waals surface area contributed by atoms with Crippen LogP contribution in [-0.4, -0.2) is 101 Å². The Bertz CT molecular complexity index is 2420. The van der Waals surface area contributed by atoms with Crippen LogP contribution in [0.5, 0.6) is 0 Å². The zero-order valence-corrected chi connectivity index (χ0v) is 55.4. The summed E-state index contributed by atoms with van der Waals surface area (Å²) < 4.78 is 10.3. The first-order valence-electron chi connectivity index (χ1n) is 22.7. The maximum atomic E-state index is 12.7. The third kappa shape index (κ3) is 21.5. The molecule has 2 radical (unpaired) electrons. The summed E-state index contributed by atoms with van der Waals surface area (Å²) in [5.74, 6) is 0.778. The number of β-lactam (4-membered cyclic amide) rings is 2. The summed E-state index contributed by atoms with van der Waals surface area (Å²) in [5, 5.41) is 22.5. The van der Waals surface area contributed by atoms with Crippen molar-refractivity contribution < 1.29 is 104 Å². The van der Waals surface area contributed by atoms with Crippen molar-refractivity contribution in [3.05, 3.63) is 145 Å². The summed E-state index contributed by atoms with van der Waals surface area (Å²) in [6, 6.07) is 21.7. The van der Waals surface area contributed by atoms with Crippen molar-refractivity contribution in [1.29, 1.82) is 0 Å². The number of thioether (sulfide) groups is 4. The van der Waals surface area contributed by atoms with E-state index in [-0.39, 0.29) is 139 Å². The molecule has 21 heteroatoms. The molecule has 73 heavy (non-hydrogen) atoms. The van der Waals surface area contributed by atoms with Crippen molar-refractivity contribution in [3.63, 3.8) is 0 Å². The fourth-order valence-corrected chi connectivity index (χ4v) is 10.8. The normalized spacial score (nSPS) is 17.5. The maximum absolute atomic E-state index is 12.7. The summed E-state index contributed by atoms with van der Waals surface area (Å²) in [5.41, 5.74) is 3.97. The van der Waals surface area contributed by atoms with Crippen LogP contribution in [0.4, 0.5) is 0 Å². The minimum absolute atomic E-state index is 0. The molecule has 14 nitrogen and oxygen atoms in total. The molecule has 2 aromatic carbocycles. The molecule has 8 rings (SSSR count). The molecule has 2 saturated heterocycles. The third-order valence-corrected chi connectivity index (χ3v) is 14.2. The first-order valence-corrected chi connectivity index (χ1v) is 26.8. The summed E-state index contributed by atoms with van der Waals surface area (Å²) in [6.45, 7) is 21.6. The van der Waals surface area contributed by atoms with Gasteiger partial charge < -0.3 is 39.6 Å². The van der Waals surface area contributed by atoms with Crippen LogP contribution in [0, 0.1) is 28.7 Å². The number of fused-ring (bicyclic) bond motifs is 2. The molecular formula is C52H71IN6O8S4Y2-2. The molecule has 4 atom stereocenters. The number of amides is 4. The summed E-state index contributed by atoms with van der Waals surface area (Å²) in [4.78, 5) is 66.8. The van der Waals surface area contributed by atoms with E-state index in [4.69, 9.17) is 9.05 Å². The largest absolute Gasteiger partial charge is 0.477 e. The van der Waals surface area contributed by atoms with Gasteiger partial charge in [0.25, 0.3) is 11.8 Å². The molecule has 4 aliphatic rings. The molecule has 4 aromatic rings. The number of nitrogens with one attached hydrogen (secondary N) is 2. The average Bonchev–Trinajstić information content (AvgIpc) is 4.01. The monoisotopic (exact) mass is 1340 g/mol. The van der Waals surface area contributed by atoms with Crippen LogP contribution < -0.4 is 10.6 Å². The fraction of sp³-hybridized carbons (Fsp3) is 0.365. The van der Waals surface area contributed by atoms with Gasteiger partial charge in [-0.15, -0.1) is 71.0 Å². The Balaban J connectivity index is -0.00000112. The second-order valence-electron chi connectivity index (χ2n) is 13.8. The maximum Gasteiger partial charge on any atom is 0.352 e. The van der Waals surface area contributed by atoms with Crippen LogP contribution in [0.25, 0.3) is 12.2 Å². The first kappa shape index (κ1) is 74.7. The summed E-state index contributed by atoms with van der Waals surface area (Å²) in [6.07, 6.45) is 7.09. The number of halogens is 1. The van der Waals surface area contributed by atoms with Crippen LogP contribution in [0.2, 0.25) is 0 Å². The molecule has 2 aromatic heterocycles. The zero-order chi connectivity index (χ0) is 50.3. The smallest absolute Gasteiger partial charge is 0.352 e. The van der Waals surface area contributed by atoms with Gasteiger partial charge in [0.15, 0.2) is 11.5 Å². The van der Waals surface area contributed by atoms with Gasteiger partial charge in [-0.25, -0.2) is 4.79 Å². The number of aliphatic carboxylic acids is 1. The van der Waals surface area contributed by atoms with Gasteiger partial charge in [-0.2, -0.15) is 0 Å². The van der Waals surface area contributed by atoms with Crippen LogP contribution >= 0.6 is 71.0 Å². The van der Waals surface area contributed by atoms with E-state index in [1.54, 1.807) is 41.8 Å². The van der Waals surface area contributed by atoms with Crippen LogP contribution in [0.15, 0.2) is 126 Å².